The van der Waals surface area contributed by atoms with E-state index in [1.165, 1.54) is 0 Å². The van der Waals surface area contributed by atoms with Gasteiger partial charge < -0.3 is 24.5 Å². The number of carbonyl (C=O) groups is 2. The Hall–Kier alpha value is -2.96. The number of amides is 1. The highest BCUT2D eigenvalue weighted by Crippen LogP contribution is 2.27. The molecule has 0 aliphatic carbocycles. The van der Waals surface area contributed by atoms with Crippen molar-refractivity contribution in [2.45, 2.75) is 27.2 Å². The first-order valence-corrected chi connectivity index (χ1v) is 8.78. The maximum absolute atomic E-state index is 12.6. The second kappa shape index (κ2) is 9.12. The van der Waals surface area contributed by atoms with Crippen LogP contribution < -0.4 is 14.8 Å². The molecule has 1 aromatic carbocycles. The molecule has 7 nitrogen and oxygen atoms in total. The molecule has 0 radical (unpaired) electrons. The molecule has 2 rings (SSSR count). The molecule has 0 unspecified atom stereocenters. The van der Waals surface area contributed by atoms with Gasteiger partial charge in [0.25, 0.3) is 5.91 Å². The van der Waals surface area contributed by atoms with Crippen LogP contribution in [0.4, 0.5) is 0 Å². The summed E-state index contributed by atoms with van der Waals surface area (Å²) in [4.78, 5) is 27.5. The van der Waals surface area contributed by atoms with Gasteiger partial charge in [0.15, 0.2) is 11.5 Å². The van der Waals surface area contributed by atoms with E-state index in [1.807, 2.05) is 18.2 Å². The summed E-state index contributed by atoms with van der Waals surface area (Å²) in [6, 6.07) is 5.65. The van der Waals surface area contributed by atoms with Gasteiger partial charge in [-0.15, -0.1) is 0 Å². The van der Waals surface area contributed by atoms with Gasteiger partial charge in [-0.2, -0.15) is 0 Å². The summed E-state index contributed by atoms with van der Waals surface area (Å²) in [5.41, 5.74) is 3.04. The zero-order valence-corrected chi connectivity index (χ0v) is 16.4. The summed E-state index contributed by atoms with van der Waals surface area (Å²) in [5, 5.41) is 2.90. The van der Waals surface area contributed by atoms with E-state index < -0.39 is 5.97 Å². The molecule has 146 valence electrons. The fourth-order valence-corrected chi connectivity index (χ4v) is 2.94. The lowest BCUT2D eigenvalue weighted by Crippen LogP contribution is -2.26. The van der Waals surface area contributed by atoms with Gasteiger partial charge in [0.2, 0.25) is 0 Å². The number of hydrogen-bond donors (Lipinski definition) is 2. The first-order chi connectivity index (χ1) is 12.9. The highest BCUT2D eigenvalue weighted by Gasteiger charge is 2.22. The Morgan fingerprint density at radius 1 is 1.11 bits per heavy atom. The second-order valence-electron chi connectivity index (χ2n) is 6.04. The van der Waals surface area contributed by atoms with Crippen molar-refractivity contribution < 1.29 is 23.8 Å². The van der Waals surface area contributed by atoms with Crippen molar-refractivity contribution >= 4 is 11.9 Å². The van der Waals surface area contributed by atoms with E-state index in [9.17, 15) is 9.59 Å². The van der Waals surface area contributed by atoms with Crippen molar-refractivity contribution in [2.24, 2.45) is 0 Å². The number of ether oxygens (including phenoxy) is 3. The SMILES string of the molecule is CCOC(=O)c1[nH]c(C)c(C(=O)NCCc2ccc(OC)c(OC)c2)c1C. The minimum Gasteiger partial charge on any atom is -0.493 e. The van der Waals surface area contributed by atoms with Crippen LogP contribution in [0.1, 0.15) is 44.6 Å². The number of aromatic nitrogens is 1. The van der Waals surface area contributed by atoms with Crippen LogP contribution in [0.3, 0.4) is 0 Å². The summed E-state index contributed by atoms with van der Waals surface area (Å²) in [6.45, 7) is 5.97. The topological polar surface area (TPSA) is 89.7 Å². The predicted molar refractivity (Wildman–Crippen MR) is 102 cm³/mol. The molecule has 1 aromatic heterocycles. The predicted octanol–water partition coefficient (Wildman–Crippen LogP) is 2.80. The highest BCUT2D eigenvalue weighted by molar-refractivity contribution is 6.01. The average Bonchev–Trinajstić information content (AvgIpc) is 2.96. The average molecular weight is 374 g/mol. The number of methoxy groups -OCH3 is 2. The fourth-order valence-electron chi connectivity index (χ4n) is 2.94. The Bertz CT molecular complexity index is 826. The highest BCUT2D eigenvalue weighted by atomic mass is 16.5. The van der Waals surface area contributed by atoms with Crippen LogP contribution in [-0.4, -0.2) is 44.2 Å². The van der Waals surface area contributed by atoms with Gasteiger partial charge in [0.1, 0.15) is 5.69 Å². The number of benzene rings is 1. The van der Waals surface area contributed by atoms with Crippen molar-refractivity contribution in [2.75, 3.05) is 27.4 Å². The number of carbonyl (C=O) groups excluding carboxylic acids is 2. The van der Waals surface area contributed by atoms with Crippen LogP contribution in [0.25, 0.3) is 0 Å². The fraction of sp³-hybridized carbons (Fsp3) is 0.400. The first kappa shape index (κ1) is 20.4. The normalized spacial score (nSPS) is 10.4. The Morgan fingerprint density at radius 2 is 1.81 bits per heavy atom. The number of H-pyrrole nitrogens is 1. The van der Waals surface area contributed by atoms with Crippen molar-refractivity contribution in [1.29, 1.82) is 0 Å². The molecule has 7 heteroatoms. The van der Waals surface area contributed by atoms with Gasteiger partial charge in [0, 0.05) is 12.2 Å². The third kappa shape index (κ3) is 4.61. The monoisotopic (exact) mass is 374 g/mol. The lowest BCUT2D eigenvalue weighted by Gasteiger charge is -2.10. The van der Waals surface area contributed by atoms with Gasteiger partial charge in [-0.1, -0.05) is 6.07 Å². The van der Waals surface area contributed by atoms with Gasteiger partial charge in [-0.3, -0.25) is 4.79 Å². The smallest absolute Gasteiger partial charge is 0.355 e. The summed E-state index contributed by atoms with van der Waals surface area (Å²) < 4.78 is 15.5. The second-order valence-corrected chi connectivity index (χ2v) is 6.04. The third-order valence-electron chi connectivity index (χ3n) is 4.29. The van der Waals surface area contributed by atoms with E-state index in [2.05, 4.69) is 10.3 Å². The van der Waals surface area contributed by atoms with Crippen LogP contribution in [0, 0.1) is 13.8 Å². The van der Waals surface area contributed by atoms with Gasteiger partial charge in [-0.05, 0) is 50.5 Å². The standard InChI is InChI=1S/C20H26N2O5/c1-6-27-20(24)18-12(2)17(13(3)22-18)19(23)21-10-9-14-7-8-15(25-4)16(11-14)26-5/h7-8,11,22H,6,9-10H2,1-5H3,(H,21,23). The largest absolute Gasteiger partial charge is 0.493 e. The molecule has 2 aromatic rings. The molecule has 2 N–H and O–H groups in total. The molecule has 0 bridgehead atoms. The molecule has 27 heavy (non-hydrogen) atoms. The zero-order valence-electron chi connectivity index (χ0n) is 16.4. The molecule has 1 amide bonds. The number of hydrogen-bond acceptors (Lipinski definition) is 5. The van der Waals surface area contributed by atoms with E-state index in [0.29, 0.717) is 47.0 Å². The maximum atomic E-state index is 12.6. The van der Waals surface area contributed by atoms with Gasteiger partial charge >= 0.3 is 5.97 Å². The van der Waals surface area contributed by atoms with Crippen LogP contribution in [0.5, 0.6) is 11.5 Å². The molecule has 0 atom stereocenters. The number of esters is 1. The molecule has 0 aliphatic heterocycles. The van der Waals surface area contributed by atoms with E-state index in [4.69, 9.17) is 14.2 Å². The first-order valence-electron chi connectivity index (χ1n) is 8.78. The minimum atomic E-state index is -0.456. The molecule has 0 fully saturated rings. The number of aromatic amines is 1. The lowest BCUT2D eigenvalue weighted by atomic mass is 10.1. The number of aryl methyl sites for hydroxylation is 1. The third-order valence-corrected chi connectivity index (χ3v) is 4.29. The number of nitrogens with one attached hydrogen (secondary N) is 2. The van der Waals surface area contributed by atoms with Crippen molar-refractivity contribution in [3.8, 4) is 11.5 Å². The summed E-state index contributed by atoms with van der Waals surface area (Å²) in [5.74, 6) is 0.632. The summed E-state index contributed by atoms with van der Waals surface area (Å²) >= 11 is 0. The lowest BCUT2D eigenvalue weighted by molar-refractivity contribution is 0.0519. The molecule has 1 heterocycles. The molecule has 0 saturated carbocycles. The van der Waals surface area contributed by atoms with Crippen molar-refractivity contribution in [1.82, 2.24) is 10.3 Å². The molecule has 0 spiro atoms. The molecular formula is C20H26N2O5. The minimum absolute atomic E-state index is 0.225. The van der Waals surface area contributed by atoms with Crippen molar-refractivity contribution in [3.63, 3.8) is 0 Å². The van der Waals surface area contributed by atoms with E-state index >= 15 is 0 Å². The van der Waals surface area contributed by atoms with Gasteiger partial charge in [0.05, 0.1) is 26.4 Å². The summed E-state index contributed by atoms with van der Waals surface area (Å²) in [6.07, 6.45) is 0.638. The molecular weight excluding hydrogens is 348 g/mol. The van der Waals surface area contributed by atoms with Crippen LogP contribution >= 0.6 is 0 Å². The van der Waals surface area contributed by atoms with E-state index in [1.54, 1.807) is 35.0 Å². The Balaban J connectivity index is 2.03. The zero-order chi connectivity index (χ0) is 20.0. The summed E-state index contributed by atoms with van der Waals surface area (Å²) in [7, 11) is 3.17. The number of rotatable bonds is 8. The van der Waals surface area contributed by atoms with Gasteiger partial charge in [-0.25, -0.2) is 4.79 Å². The Morgan fingerprint density at radius 3 is 2.44 bits per heavy atom. The molecule has 0 saturated heterocycles. The molecule has 0 aliphatic rings. The van der Waals surface area contributed by atoms with Crippen molar-refractivity contribution in [3.05, 3.63) is 46.3 Å². The van der Waals surface area contributed by atoms with E-state index in [0.717, 1.165) is 5.56 Å². The Labute approximate surface area is 159 Å². The van der Waals surface area contributed by atoms with Crippen LogP contribution in [0.15, 0.2) is 18.2 Å². The van der Waals surface area contributed by atoms with E-state index in [-0.39, 0.29) is 12.5 Å². The maximum Gasteiger partial charge on any atom is 0.355 e. The van der Waals surface area contributed by atoms with Crippen LogP contribution in [0.2, 0.25) is 0 Å². The van der Waals surface area contributed by atoms with Crippen LogP contribution in [-0.2, 0) is 11.2 Å². The Kier molecular flexibility index (Phi) is 6.87. The quantitative estimate of drug-likeness (QED) is 0.694.